The molecule has 2 unspecified atom stereocenters. The van der Waals surface area contributed by atoms with Crippen LogP contribution < -0.4 is 4.90 Å². The van der Waals surface area contributed by atoms with Gasteiger partial charge in [-0.15, -0.1) is 0 Å². The van der Waals surface area contributed by atoms with Crippen molar-refractivity contribution in [3.05, 3.63) is 24.0 Å². The monoisotopic (exact) mass is 270 g/mol. The summed E-state index contributed by atoms with van der Waals surface area (Å²) in [6.45, 7) is 6.19. The van der Waals surface area contributed by atoms with Gasteiger partial charge in [0.15, 0.2) is 0 Å². The zero-order valence-electron chi connectivity index (χ0n) is 11.0. The van der Waals surface area contributed by atoms with Crippen LogP contribution in [0.2, 0.25) is 0 Å². The van der Waals surface area contributed by atoms with Crippen molar-refractivity contribution in [1.29, 1.82) is 0 Å². The first-order valence-corrected chi connectivity index (χ1v) is 6.65. The summed E-state index contributed by atoms with van der Waals surface area (Å²) in [7, 11) is 0. The molecule has 0 N–H and O–H groups in total. The number of hydrogen-bond acceptors (Lipinski definition) is 2. The highest BCUT2D eigenvalue weighted by Crippen LogP contribution is 2.56. The Kier molecular flexibility index (Phi) is 2.76. The summed E-state index contributed by atoms with van der Waals surface area (Å²) in [5, 5.41) is 0. The molecule has 1 aliphatic heterocycles. The topological polar surface area (TPSA) is 16.1 Å². The van der Waals surface area contributed by atoms with Crippen LogP contribution in [-0.2, 0) is 6.18 Å². The van der Waals surface area contributed by atoms with Crippen LogP contribution in [0.3, 0.4) is 0 Å². The molecule has 2 atom stereocenters. The third kappa shape index (κ3) is 2.19. The molecule has 5 heteroatoms. The normalized spacial score (nSPS) is 29.8. The molecular formula is C14H17F3N2. The van der Waals surface area contributed by atoms with E-state index in [0.29, 0.717) is 23.4 Å². The summed E-state index contributed by atoms with van der Waals surface area (Å²) >= 11 is 0. The number of rotatable bonds is 2. The van der Waals surface area contributed by atoms with E-state index in [9.17, 15) is 13.2 Å². The minimum Gasteiger partial charge on any atom is -0.370 e. The quantitative estimate of drug-likeness (QED) is 0.818. The molecule has 0 amide bonds. The number of alkyl halides is 3. The minimum absolute atomic E-state index is 0.601. The van der Waals surface area contributed by atoms with Crippen LogP contribution >= 0.6 is 0 Å². The molecule has 1 saturated carbocycles. The van der Waals surface area contributed by atoms with Gasteiger partial charge in [-0.2, -0.15) is 13.2 Å². The van der Waals surface area contributed by atoms with Crippen molar-refractivity contribution in [1.82, 2.24) is 4.98 Å². The van der Waals surface area contributed by atoms with Gasteiger partial charge in [-0.1, -0.05) is 13.8 Å². The lowest BCUT2D eigenvalue weighted by molar-refractivity contribution is -0.137. The lowest BCUT2D eigenvalue weighted by atomic mass is 10.0. The lowest BCUT2D eigenvalue weighted by Gasteiger charge is -2.23. The molecule has 3 rings (SSSR count). The van der Waals surface area contributed by atoms with E-state index in [-0.39, 0.29) is 0 Å². The number of piperidine rings is 1. The van der Waals surface area contributed by atoms with Gasteiger partial charge in [0.1, 0.15) is 0 Å². The van der Waals surface area contributed by atoms with Gasteiger partial charge in [-0.25, -0.2) is 0 Å². The molecule has 1 saturated heterocycles. The van der Waals surface area contributed by atoms with Crippen molar-refractivity contribution in [2.75, 3.05) is 18.0 Å². The number of nitrogens with zero attached hydrogens (tertiary/aromatic N) is 2. The van der Waals surface area contributed by atoms with Crippen LogP contribution in [0.25, 0.3) is 0 Å². The van der Waals surface area contributed by atoms with Gasteiger partial charge in [-0.05, 0) is 29.7 Å². The maximum absolute atomic E-state index is 12.6. The van der Waals surface area contributed by atoms with E-state index in [1.165, 1.54) is 12.3 Å². The standard InChI is InChI=1S/C14H17F3N2/c1-8(2)13-11-6-19(7-12(11)13)10-3-9(4-18-5-10)14(15,16)17/h3-5,8,11-13H,6-7H2,1-2H3. The summed E-state index contributed by atoms with van der Waals surface area (Å²) in [6.07, 6.45) is -1.90. The molecule has 0 aromatic carbocycles. The maximum Gasteiger partial charge on any atom is 0.417 e. The van der Waals surface area contributed by atoms with Crippen LogP contribution in [-0.4, -0.2) is 18.1 Å². The van der Waals surface area contributed by atoms with E-state index in [1.54, 1.807) is 0 Å². The highest BCUT2D eigenvalue weighted by atomic mass is 19.4. The number of hydrogen-bond donors (Lipinski definition) is 0. The maximum atomic E-state index is 12.6. The van der Waals surface area contributed by atoms with Crippen LogP contribution in [0.5, 0.6) is 0 Å². The summed E-state index contributed by atoms with van der Waals surface area (Å²) < 4.78 is 37.9. The Morgan fingerprint density at radius 1 is 1.21 bits per heavy atom. The van der Waals surface area contributed by atoms with Gasteiger partial charge in [-0.3, -0.25) is 4.98 Å². The fraction of sp³-hybridized carbons (Fsp3) is 0.643. The largest absolute Gasteiger partial charge is 0.417 e. The number of aromatic nitrogens is 1. The van der Waals surface area contributed by atoms with Gasteiger partial charge >= 0.3 is 6.18 Å². The fourth-order valence-corrected chi connectivity index (χ4v) is 3.53. The van der Waals surface area contributed by atoms with Crippen LogP contribution in [0.15, 0.2) is 18.5 Å². The number of fused-ring (bicyclic) bond motifs is 1. The van der Waals surface area contributed by atoms with Crippen LogP contribution in [0.4, 0.5) is 18.9 Å². The van der Waals surface area contributed by atoms with Crippen molar-refractivity contribution in [3.63, 3.8) is 0 Å². The van der Waals surface area contributed by atoms with Crippen molar-refractivity contribution in [3.8, 4) is 0 Å². The molecule has 0 radical (unpaired) electrons. The van der Waals surface area contributed by atoms with Gasteiger partial charge in [0.2, 0.25) is 0 Å². The molecule has 0 bridgehead atoms. The first-order chi connectivity index (χ1) is 8.88. The molecule has 2 heterocycles. The number of halogens is 3. The van der Waals surface area contributed by atoms with Gasteiger partial charge in [0, 0.05) is 19.3 Å². The predicted octanol–water partition coefficient (Wildman–Crippen LogP) is 3.44. The second kappa shape index (κ2) is 4.12. The molecule has 2 nitrogen and oxygen atoms in total. The zero-order chi connectivity index (χ0) is 13.8. The Labute approximate surface area is 110 Å². The first-order valence-electron chi connectivity index (χ1n) is 6.65. The minimum atomic E-state index is -4.31. The lowest BCUT2D eigenvalue weighted by Crippen LogP contribution is -2.25. The SMILES string of the molecule is CC(C)C1C2CN(c3cncc(C(F)(F)F)c3)CC21. The fourth-order valence-electron chi connectivity index (χ4n) is 3.53. The second-order valence-corrected chi connectivity index (χ2v) is 5.98. The van der Waals surface area contributed by atoms with Crippen molar-refractivity contribution in [2.45, 2.75) is 20.0 Å². The first kappa shape index (κ1) is 12.8. The van der Waals surface area contributed by atoms with Gasteiger partial charge < -0.3 is 4.90 Å². The average Bonchev–Trinajstić information content (AvgIpc) is 2.85. The Balaban J connectivity index is 1.73. The molecule has 0 spiro atoms. The Morgan fingerprint density at radius 3 is 2.37 bits per heavy atom. The van der Waals surface area contributed by atoms with E-state index in [1.807, 2.05) is 4.90 Å². The predicted molar refractivity (Wildman–Crippen MR) is 66.8 cm³/mol. The Hall–Kier alpha value is -1.26. The highest BCUT2D eigenvalue weighted by Gasteiger charge is 2.56. The van der Waals surface area contributed by atoms with Crippen molar-refractivity contribution >= 4 is 5.69 Å². The van der Waals surface area contributed by atoms with Crippen molar-refractivity contribution in [2.24, 2.45) is 23.7 Å². The molecular weight excluding hydrogens is 253 g/mol. The smallest absolute Gasteiger partial charge is 0.370 e. The number of anilines is 1. The Morgan fingerprint density at radius 2 is 1.84 bits per heavy atom. The summed E-state index contributed by atoms with van der Waals surface area (Å²) in [4.78, 5) is 5.77. The summed E-state index contributed by atoms with van der Waals surface area (Å²) in [5.74, 6) is 2.76. The highest BCUT2D eigenvalue weighted by molar-refractivity contribution is 5.49. The second-order valence-electron chi connectivity index (χ2n) is 5.98. The zero-order valence-corrected chi connectivity index (χ0v) is 11.0. The molecule has 19 heavy (non-hydrogen) atoms. The van der Waals surface area contributed by atoms with Gasteiger partial charge in [0.25, 0.3) is 0 Å². The van der Waals surface area contributed by atoms with E-state index >= 15 is 0 Å². The summed E-state index contributed by atoms with van der Waals surface area (Å²) in [5.41, 5.74) is -0.0597. The van der Waals surface area contributed by atoms with E-state index in [4.69, 9.17) is 0 Å². The number of pyridine rings is 1. The van der Waals surface area contributed by atoms with E-state index in [2.05, 4.69) is 18.8 Å². The van der Waals surface area contributed by atoms with Crippen LogP contribution in [0.1, 0.15) is 19.4 Å². The van der Waals surface area contributed by atoms with Crippen molar-refractivity contribution < 1.29 is 13.2 Å². The van der Waals surface area contributed by atoms with Gasteiger partial charge in [0.05, 0.1) is 17.4 Å². The molecule has 104 valence electrons. The molecule has 2 fully saturated rings. The third-order valence-electron chi connectivity index (χ3n) is 4.45. The third-order valence-corrected chi connectivity index (χ3v) is 4.45. The molecule has 1 aromatic rings. The average molecular weight is 270 g/mol. The van der Waals surface area contributed by atoms with E-state index in [0.717, 1.165) is 25.2 Å². The molecule has 1 aromatic heterocycles. The Bertz CT molecular complexity index is 472. The van der Waals surface area contributed by atoms with Crippen LogP contribution in [0, 0.1) is 23.7 Å². The van der Waals surface area contributed by atoms with E-state index < -0.39 is 11.7 Å². The molecule has 1 aliphatic carbocycles. The summed E-state index contributed by atoms with van der Waals surface area (Å²) in [6, 6.07) is 1.21. The molecule has 2 aliphatic rings.